The number of nitrogens with one attached hydrogen (secondary N) is 2. The molecule has 2 N–H and O–H groups in total. The maximum Gasteiger partial charge on any atom is 0.409 e. The number of rotatable bonds is 4. The summed E-state index contributed by atoms with van der Waals surface area (Å²) in [6.07, 6.45) is -0.223. The fourth-order valence-corrected chi connectivity index (χ4v) is 5.05. The average Bonchev–Trinajstić information content (AvgIpc) is 3.14. The molecule has 2 atom stereocenters. The van der Waals surface area contributed by atoms with Gasteiger partial charge in [-0.25, -0.2) is 13.2 Å². The Balaban J connectivity index is 1.64. The van der Waals surface area contributed by atoms with Gasteiger partial charge in [0, 0.05) is 18.0 Å². The standard InChI is InChI=1S/C15H15Cl2N3O4S/c16-9-1-2-12(11(17)5-9)25(22,23)10-6-13(19-7-10)24-14(21)20-15(8-18)3-4-15/h1-2,5,10,13,19H,3-4,6-7H2,(H,20,21)/t10-,13+/m1/s1. The van der Waals surface area contributed by atoms with E-state index in [0.717, 1.165) is 0 Å². The van der Waals surface area contributed by atoms with Crippen LogP contribution < -0.4 is 10.6 Å². The highest BCUT2D eigenvalue weighted by molar-refractivity contribution is 7.92. The third kappa shape index (κ3) is 3.85. The van der Waals surface area contributed by atoms with Crippen LogP contribution in [0.3, 0.4) is 0 Å². The Hall–Kier alpha value is -1.53. The number of ether oxygens (including phenoxy) is 1. The first-order valence-electron chi connectivity index (χ1n) is 7.58. The molecule has 1 aliphatic carbocycles. The second-order valence-corrected chi connectivity index (χ2v) is 9.14. The molecule has 0 bridgehead atoms. The molecule has 1 aromatic carbocycles. The van der Waals surface area contributed by atoms with Crippen molar-refractivity contribution in [1.29, 1.82) is 5.26 Å². The van der Waals surface area contributed by atoms with Gasteiger partial charge in [0.2, 0.25) is 0 Å². The van der Waals surface area contributed by atoms with Gasteiger partial charge in [-0.15, -0.1) is 0 Å². The molecule has 2 aliphatic rings. The van der Waals surface area contributed by atoms with Gasteiger partial charge in [-0.2, -0.15) is 5.26 Å². The minimum absolute atomic E-state index is 0.00289. The van der Waals surface area contributed by atoms with Crippen molar-refractivity contribution >= 4 is 39.1 Å². The highest BCUT2D eigenvalue weighted by Crippen LogP contribution is 2.34. The monoisotopic (exact) mass is 403 g/mol. The summed E-state index contributed by atoms with van der Waals surface area (Å²) in [7, 11) is -3.70. The van der Waals surface area contributed by atoms with Crippen LogP contribution in [0.25, 0.3) is 0 Å². The summed E-state index contributed by atoms with van der Waals surface area (Å²) < 4.78 is 30.6. The molecule has 1 heterocycles. The van der Waals surface area contributed by atoms with Crippen LogP contribution in [0.4, 0.5) is 4.79 Å². The van der Waals surface area contributed by atoms with E-state index in [1.165, 1.54) is 18.2 Å². The second kappa shape index (κ2) is 6.65. The number of nitrogens with zero attached hydrogens (tertiary/aromatic N) is 1. The number of carbonyl (C=O) groups excluding carboxylic acids is 1. The minimum atomic E-state index is -3.70. The number of hydrogen-bond donors (Lipinski definition) is 2. The van der Waals surface area contributed by atoms with E-state index in [2.05, 4.69) is 10.6 Å². The molecule has 134 valence electrons. The van der Waals surface area contributed by atoms with Gasteiger partial charge < -0.3 is 10.1 Å². The molecule has 2 fully saturated rings. The minimum Gasteiger partial charge on any atom is -0.430 e. The third-order valence-corrected chi connectivity index (χ3v) is 7.11. The van der Waals surface area contributed by atoms with Gasteiger partial charge in [0.05, 0.1) is 21.2 Å². The Bertz CT molecular complexity index is 849. The number of halogens is 2. The van der Waals surface area contributed by atoms with Gasteiger partial charge in [-0.1, -0.05) is 23.2 Å². The Morgan fingerprint density at radius 2 is 2.12 bits per heavy atom. The molecule has 1 amide bonds. The normalized spacial score (nSPS) is 24.4. The maximum absolute atomic E-state index is 12.7. The Morgan fingerprint density at radius 3 is 2.72 bits per heavy atom. The van der Waals surface area contributed by atoms with Crippen LogP contribution in [0, 0.1) is 11.3 Å². The van der Waals surface area contributed by atoms with Crippen molar-refractivity contribution in [2.24, 2.45) is 0 Å². The van der Waals surface area contributed by atoms with Gasteiger partial charge in [0.15, 0.2) is 16.1 Å². The van der Waals surface area contributed by atoms with Crippen LogP contribution in [0.15, 0.2) is 23.1 Å². The fraction of sp³-hybridized carbons (Fsp3) is 0.467. The molecular weight excluding hydrogens is 389 g/mol. The molecule has 7 nitrogen and oxygen atoms in total. The van der Waals surface area contributed by atoms with Crippen LogP contribution in [0.1, 0.15) is 19.3 Å². The van der Waals surface area contributed by atoms with E-state index in [1.807, 2.05) is 6.07 Å². The molecular formula is C15H15Cl2N3O4S. The molecule has 0 unspecified atom stereocenters. The van der Waals surface area contributed by atoms with Crippen LogP contribution in [0.2, 0.25) is 10.0 Å². The quantitative estimate of drug-likeness (QED) is 0.797. The number of hydrogen-bond acceptors (Lipinski definition) is 6. The number of carbonyl (C=O) groups is 1. The summed E-state index contributed by atoms with van der Waals surface area (Å²) >= 11 is 11.8. The van der Waals surface area contributed by atoms with Gasteiger partial charge in [0.1, 0.15) is 5.54 Å². The van der Waals surface area contributed by atoms with Crippen molar-refractivity contribution < 1.29 is 17.9 Å². The smallest absolute Gasteiger partial charge is 0.409 e. The lowest BCUT2D eigenvalue weighted by molar-refractivity contribution is 0.0876. The first-order valence-corrected chi connectivity index (χ1v) is 9.88. The van der Waals surface area contributed by atoms with E-state index >= 15 is 0 Å². The topological polar surface area (TPSA) is 108 Å². The van der Waals surface area contributed by atoms with E-state index in [9.17, 15) is 13.2 Å². The van der Waals surface area contributed by atoms with E-state index < -0.39 is 32.9 Å². The Kier molecular flexibility index (Phi) is 4.86. The summed E-state index contributed by atoms with van der Waals surface area (Å²) in [5.74, 6) is 0. The Labute approximate surface area is 155 Å². The summed E-state index contributed by atoms with van der Waals surface area (Å²) in [5, 5.41) is 13.9. The molecule has 25 heavy (non-hydrogen) atoms. The molecule has 0 spiro atoms. The molecule has 3 rings (SSSR count). The largest absolute Gasteiger partial charge is 0.430 e. The van der Waals surface area contributed by atoms with Crippen LogP contribution in [0.5, 0.6) is 0 Å². The predicted octanol–water partition coefficient (Wildman–Crippen LogP) is 2.24. The molecule has 1 saturated carbocycles. The molecule has 0 aromatic heterocycles. The average molecular weight is 404 g/mol. The van der Waals surface area contributed by atoms with Gasteiger partial charge >= 0.3 is 6.09 Å². The first kappa shape index (κ1) is 18.3. The summed E-state index contributed by atoms with van der Waals surface area (Å²) in [6, 6.07) is 6.22. The zero-order valence-electron chi connectivity index (χ0n) is 13.0. The third-order valence-electron chi connectivity index (χ3n) is 4.24. The number of sulfone groups is 1. The Morgan fingerprint density at radius 1 is 1.40 bits per heavy atom. The van der Waals surface area contributed by atoms with Gasteiger partial charge in [-0.3, -0.25) is 5.32 Å². The number of benzene rings is 1. The lowest BCUT2D eigenvalue weighted by Crippen LogP contribution is -2.40. The SMILES string of the molecule is N#CC1(NC(=O)O[C@H]2C[C@@H](S(=O)(=O)c3ccc(Cl)cc3Cl)CN2)CC1. The molecule has 1 aromatic rings. The van der Waals surface area contributed by atoms with Crippen LogP contribution in [-0.2, 0) is 14.6 Å². The van der Waals surface area contributed by atoms with Gasteiger partial charge in [-0.05, 0) is 31.0 Å². The van der Waals surface area contributed by atoms with Crippen molar-refractivity contribution in [3.63, 3.8) is 0 Å². The summed E-state index contributed by atoms with van der Waals surface area (Å²) in [5.41, 5.74) is -0.835. The predicted molar refractivity (Wildman–Crippen MR) is 91.0 cm³/mol. The number of nitriles is 1. The second-order valence-electron chi connectivity index (χ2n) is 6.10. The molecule has 1 saturated heterocycles. The van der Waals surface area contributed by atoms with E-state index in [0.29, 0.717) is 17.9 Å². The van der Waals surface area contributed by atoms with Crippen LogP contribution >= 0.6 is 23.2 Å². The zero-order valence-corrected chi connectivity index (χ0v) is 15.3. The van der Waals surface area contributed by atoms with Crippen molar-refractivity contribution in [3.8, 4) is 6.07 Å². The molecule has 0 radical (unpaired) electrons. The maximum atomic E-state index is 12.7. The first-order chi connectivity index (χ1) is 11.8. The highest BCUT2D eigenvalue weighted by atomic mass is 35.5. The molecule has 1 aliphatic heterocycles. The van der Waals surface area contributed by atoms with Crippen molar-refractivity contribution in [3.05, 3.63) is 28.2 Å². The van der Waals surface area contributed by atoms with Crippen molar-refractivity contribution in [2.75, 3.05) is 6.54 Å². The fourth-order valence-electron chi connectivity index (χ4n) is 2.62. The lowest BCUT2D eigenvalue weighted by atomic mass is 10.3. The van der Waals surface area contributed by atoms with Crippen molar-refractivity contribution in [1.82, 2.24) is 10.6 Å². The van der Waals surface area contributed by atoms with Gasteiger partial charge in [0.25, 0.3) is 0 Å². The van der Waals surface area contributed by atoms with E-state index in [-0.39, 0.29) is 22.9 Å². The highest BCUT2D eigenvalue weighted by Gasteiger charge is 2.46. The van der Waals surface area contributed by atoms with E-state index in [4.69, 9.17) is 33.2 Å². The van der Waals surface area contributed by atoms with E-state index in [1.54, 1.807) is 0 Å². The zero-order chi connectivity index (χ0) is 18.2. The summed E-state index contributed by atoms with van der Waals surface area (Å²) in [4.78, 5) is 11.8. The number of amides is 1. The number of alkyl carbamates (subject to hydrolysis) is 1. The van der Waals surface area contributed by atoms with Crippen molar-refractivity contribution in [2.45, 2.75) is 41.2 Å². The lowest BCUT2D eigenvalue weighted by Gasteiger charge is -2.15. The molecule has 10 heteroatoms. The van der Waals surface area contributed by atoms with Crippen LogP contribution in [-0.4, -0.2) is 38.1 Å². The summed E-state index contributed by atoms with van der Waals surface area (Å²) in [6.45, 7) is 0.128.